The van der Waals surface area contributed by atoms with E-state index in [2.05, 4.69) is 9.47 Å². The van der Waals surface area contributed by atoms with E-state index in [4.69, 9.17) is 0 Å². The van der Waals surface area contributed by atoms with Crippen LogP contribution in [0.2, 0.25) is 0 Å². The highest BCUT2D eigenvalue weighted by molar-refractivity contribution is 5.51. The second kappa shape index (κ2) is 7.68. The molecule has 0 fully saturated rings. The van der Waals surface area contributed by atoms with Gasteiger partial charge in [0.15, 0.2) is 12.6 Å². The highest BCUT2D eigenvalue weighted by atomic mass is 16.5. The first-order valence-corrected chi connectivity index (χ1v) is 2.67. The molecule has 0 aliphatic heterocycles. The van der Waals surface area contributed by atoms with Crippen LogP contribution in [0.5, 0.6) is 0 Å². The molecule has 0 aromatic carbocycles. The highest BCUT2D eigenvalue weighted by Gasteiger charge is 1.75. The van der Waals surface area contributed by atoms with Crippen molar-refractivity contribution in [2.45, 2.75) is 0 Å². The lowest BCUT2D eigenvalue weighted by atomic mass is 10.8. The largest absolute Gasteiger partial charge is 0.491 e. The van der Waals surface area contributed by atoms with Gasteiger partial charge in [0, 0.05) is 0 Å². The minimum atomic E-state index is 0.000942. The standard InChI is InChI=1S/C6H8O4/c7-1-3-9-5-6-10-4-2-8/h1-2,5-6H,3-4H2. The van der Waals surface area contributed by atoms with Crippen molar-refractivity contribution in [3.05, 3.63) is 12.5 Å². The van der Waals surface area contributed by atoms with Crippen molar-refractivity contribution in [3.63, 3.8) is 0 Å². The zero-order valence-corrected chi connectivity index (χ0v) is 5.36. The van der Waals surface area contributed by atoms with Gasteiger partial charge in [-0.25, -0.2) is 0 Å². The third-order valence-corrected chi connectivity index (χ3v) is 0.577. The monoisotopic (exact) mass is 144 g/mol. The fourth-order valence-corrected chi connectivity index (χ4v) is 0.268. The van der Waals surface area contributed by atoms with Crippen molar-refractivity contribution in [3.8, 4) is 0 Å². The lowest BCUT2D eigenvalue weighted by Gasteiger charge is -1.91. The number of carbonyl (C=O) groups is 2. The van der Waals surface area contributed by atoms with E-state index in [9.17, 15) is 9.59 Å². The molecule has 0 bridgehead atoms. The third kappa shape index (κ3) is 6.68. The van der Waals surface area contributed by atoms with Crippen molar-refractivity contribution in [2.75, 3.05) is 13.2 Å². The van der Waals surface area contributed by atoms with Gasteiger partial charge in [-0.2, -0.15) is 0 Å². The minimum absolute atomic E-state index is 0.000942. The Labute approximate surface area is 58.4 Å². The molecule has 0 aromatic rings. The topological polar surface area (TPSA) is 52.6 Å². The third-order valence-electron chi connectivity index (χ3n) is 0.577. The predicted octanol–water partition coefficient (Wildman–Crippen LogP) is -0.111. The van der Waals surface area contributed by atoms with Crippen molar-refractivity contribution < 1.29 is 19.1 Å². The summed E-state index contributed by atoms with van der Waals surface area (Å²) >= 11 is 0. The Balaban J connectivity index is 3.03. The summed E-state index contributed by atoms with van der Waals surface area (Å²) in [5, 5.41) is 0. The van der Waals surface area contributed by atoms with Crippen LogP contribution in [0.15, 0.2) is 12.5 Å². The van der Waals surface area contributed by atoms with Crippen LogP contribution in [-0.4, -0.2) is 25.8 Å². The second-order valence-electron chi connectivity index (χ2n) is 1.27. The first kappa shape index (κ1) is 8.68. The summed E-state index contributed by atoms with van der Waals surface area (Å²) in [6.07, 6.45) is 3.64. The summed E-state index contributed by atoms with van der Waals surface area (Å²) in [6.45, 7) is 0.00188. The van der Waals surface area contributed by atoms with Gasteiger partial charge in [-0.1, -0.05) is 0 Å². The van der Waals surface area contributed by atoms with Gasteiger partial charge in [0.05, 0.1) is 0 Å². The van der Waals surface area contributed by atoms with Gasteiger partial charge < -0.3 is 9.47 Å². The van der Waals surface area contributed by atoms with E-state index in [0.717, 1.165) is 0 Å². The predicted molar refractivity (Wildman–Crippen MR) is 33.2 cm³/mol. The SMILES string of the molecule is O=CCOC=COCC=O. The smallest absolute Gasteiger partial charge is 0.157 e. The highest BCUT2D eigenvalue weighted by Crippen LogP contribution is 1.76. The van der Waals surface area contributed by atoms with Gasteiger partial charge >= 0.3 is 0 Å². The number of hydrogen-bond donors (Lipinski definition) is 0. The first-order chi connectivity index (χ1) is 4.91. The second-order valence-corrected chi connectivity index (χ2v) is 1.27. The molecule has 0 aliphatic carbocycles. The van der Waals surface area contributed by atoms with Crippen molar-refractivity contribution in [1.82, 2.24) is 0 Å². The maximum atomic E-state index is 9.64. The van der Waals surface area contributed by atoms with Crippen molar-refractivity contribution in [1.29, 1.82) is 0 Å². The summed E-state index contributed by atoms with van der Waals surface area (Å²) in [7, 11) is 0. The number of aldehydes is 2. The van der Waals surface area contributed by atoms with Crippen LogP contribution >= 0.6 is 0 Å². The molecule has 10 heavy (non-hydrogen) atoms. The van der Waals surface area contributed by atoms with Crippen molar-refractivity contribution in [2.24, 2.45) is 0 Å². The van der Waals surface area contributed by atoms with Crippen LogP contribution in [0.3, 0.4) is 0 Å². The van der Waals surface area contributed by atoms with Crippen molar-refractivity contribution >= 4 is 12.6 Å². The lowest BCUT2D eigenvalue weighted by molar-refractivity contribution is -0.111. The van der Waals surface area contributed by atoms with Crippen LogP contribution in [0.25, 0.3) is 0 Å². The van der Waals surface area contributed by atoms with Gasteiger partial charge in [-0.15, -0.1) is 0 Å². The molecule has 0 amide bonds. The van der Waals surface area contributed by atoms with E-state index in [1.807, 2.05) is 0 Å². The minimum Gasteiger partial charge on any atom is -0.491 e. The molecule has 56 valence electrons. The summed E-state index contributed by atoms with van der Waals surface area (Å²) in [6, 6.07) is 0. The summed E-state index contributed by atoms with van der Waals surface area (Å²) in [4.78, 5) is 19.3. The Morgan fingerprint density at radius 2 is 1.30 bits per heavy atom. The quantitative estimate of drug-likeness (QED) is 0.296. The van der Waals surface area contributed by atoms with E-state index in [-0.39, 0.29) is 13.2 Å². The molecule has 4 nitrogen and oxygen atoms in total. The maximum absolute atomic E-state index is 9.64. The molecule has 0 radical (unpaired) electrons. The van der Waals surface area contributed by atoms with E-state index >= 15 is 0 Å². The van der Waals surface area contributed by atoms with E-state index < -0.39 is 0 Å². The average Bonchev–Trinajstić information content (AvgIpc) is 1.97. The van der Waals surface area contributed by atoms with E-state index in [1.165, 1.54) is 12.5 Å². The van der Waals surface area contributed by atoms with E-state index in [0.29, 0.717) is 12.6 Å². The molecule has 0 N–H and O–H groups in total. The Kier molecular flexibility index (Phi) is 6.67. The van der Waals surface area contributed by atoms with Crippen LogP contribution in [0, 0.1) is 0 Å². The Hall–Kier alpha value is -1.32. The molecule has 0 rings (SSSR count). The zero-order valence-electron chi connectivity index (χ0n) is 5.36. The molecular formula is C6H8O4. The molecule has 0 spiro atoms. The summed E-state index contributed by atoms with van der Waals surface area (Å²) < 4.78 is 9.08. The Morgan fingerprint density at radius 1 is 0.900 bits per heavy atom. The normalized spacial score (nSPS) is 9.20. The van der Waals surface area contributed by atoms with Crippen LogP contribution < -0.4 is 0 Å². The van der Waals surface area contributed by atoms with Crippen LogP contribution in [0.1, 0.15) is 0 Å². The molecular weight excluding hydrogens is 136 g/mol. The summed E-state index contributed by atoms with van der Waals surface area (Å²) in [5.74, 6) is 0. The number of rotatable bonds is 6. The molecule has 4 heteroatoms. The van der Waals surface area contributed by atoms with Gasteiger partial charge in [-0.05, 0) is 0 Å². The fourth-order valence-electron chi connectivity index (χ4n) is 0.268. The van der Waals surface area contributed by atoms with Crippen LogP contribution in [-0.2, 0) is 19.1 Å². The average molecular weight is 144 g/mol. The molecule has 0 saturated carbocycles. The number of hydrogen-bond acceptors (Lipinski definition) is 4. The zero-order chi connectivity index (χ0) is 7.66. The summed E-state index contributed by atoms with van der Waals surface area (Å²) in [5.41, 5.74) is 0. The number of carbonyl (C=O) groups excluding carboxylic acids is 2. The van der Waals surface area contributed by atoms with E-state index in [1.54, 1.807) is 0 Å². The van der Waals surface area contributed by atoms with Gasteiger partial charge in [0.2, 0.25) is 0 Å². The van der Waals surface area contributed by atoms with Gasteiger partial charge in [0.1, 0.15) is 25.7 Å². The first-order valence-electron chi connectivity index (χ1n) is 2.67. The fraction of sp³-hybridized carbons (Fsp3) is 0.333. The maximum Gasteiger partial charge on any atom is 0.157 e. The Bertz CT molecular complexity index is 105. The molecule has 0 heterocycles. The molecule has 0 atom stereocenters. The van der Waals surface area contributed by atoms with Gasteiger partial charge in [-0.3, -0.25) is 9.59 Å². The molecule has 0 saturated heterocycles. The number of ether oxygens (including phenoxy) is 2. The molecule has 0 aliphatic rings. The lowest BCUT2D eigenvalue weighted by Crippen LogP contribution is -1.89. The Morgan fingerprint density at radius 3 is 1.60 bits per heavy atom. The van der Waals surface area contributed by atoms with Gasteiger partial charge in [0.25, 0.3) is 0 Å². The molecule has 0 unspecified atom stereocenters. The molecule has 0 aromatic heterocycles. The van der Waals surface area contributed by atoms with Crippen LogP contribution in [0.4, 0.5) is 0 Å².